The third kappa shape index (κ3) is 2.00. The number of hydrogen-bond acceptors (Lipinski definition) is 3. The largest absolute Gasteiger partial charge is 0.327 e. The maximum absolute atomic E-state index is 13.5. The zero-order valence-corrected chi connectivity index (χ0v) is 12.6. The van der Waals surface area contributed by atoms with Gasteiger partial charge in [0.2, 0.25) is 0 Å². The molecule has 1 atom stereocenters. The summed E-state index contributed by atoms with van der Waals surface area (Å²) in [6.45, 7) is 3.82. The third-order valence-electron chi connectivity index (χ3n) is 4.11. The van der Waals surface area contributed by atoms with E-state index in [4.69, 9.17) is 4.98 Å². The van der Waals surface area contributed by atoms with Crippen molar-refractivity contribution in [2.45, 2.75) is 25.9 Å². The Labute approximate surface area is 126 Å². The fraction of sp³-hybridized carbons (Fsp3) is 0.312. The number of nitrogens with zero attached hydrogens (tertiary/aromatic N) is 2. The van der Waals surface area contributed by atoms with Crippen molar-refractivity contribution in [2.24, 2.45) is 0 Å². The van der Waals surface area contributed by atoms with Crippen LogP contribution in [0.4, 0.5) is 4.39 Å². The van der Waals surface area contributed by atoms with Crippen molar-refractivity contribution >= 4 is 22.4 Å². The summed E-state index contributed by atoms with van der Waals surface area (Å²) in [5, 5.41) is 5.70. The van der Waals surface area contributed by atoms with Crippen LogP contribution in [0, 0.1) is 5.82 Å². The molecule has 3 heterocycles. The van der Waals surface area contributed by atoms with E-state index in [1.165, 1.54) is 16.5 Å². The molecule has 1 N–H and O–H groups in total. The first-order valence-electron chi connectivity index (χ1n) is 7.23. The molecule has 21 heavy (non-hydrogen) atoms. The van der Waals surface area contributed by atoms with E-state index in [1.54, 1.807) is 12.1 Å². The summed E-state index contributed by atoms with van der Waals surface area (Å²) in [6.07, 6.45) is 1.07. The smallest absolute Gasteiger partial charge is 0.131 e. The van der Waals surface area contributed by atoms with E-state index in [2.05, 4.69) is 28.3 Å². The second kappa shape index (κ2) is 4.93. The molecule has 0 fully saturated rings. The topological polar surface area (TPSA) is 29.9 Å². The summed E-state index contributed by atoms with van der Waals surface area (Å²) in [7, 11) is 0. The molecule has 4 rings (SSSR count). The molecule has 3 aromatic rings. The van der Waals surface area contributed by atoms with E-state index in [0.717, 1.165) is 36.4 Å². The number of thiophene rings is 1. The van der Waals surface area contributed by atoms with Gasteiger partial charge in [0.05, 0.1) is 17.1 Å². The average Bonchev–Trinajstić information content (AvgIpc) is 3.10. The molecule has 108 valence electrons. The first kappa shape index (κ1) is 13.0. The monoisotopic (exact) mass is 301 g/mol. The van der Waals surface area contributed by atoms with E-state index in [9.17, 15) is 4.39 Å². The van der Waals surface area contributed by atoms with Gasteiger partial charge in [-0.15, -0.1) is 11.3 Å². The Morgan fingerprint density at radius 1 is 1.43 bits per heavy atom. The van der Waals surface area contributed by atoms with Crippen molar-refractivity contribution in [3.63, 3.8) is 0 Å². The second-order valence-electron chi connectivity index (χ2n) is 5.28. The lowest BCUT2D eigenvalue weighted by Gasteiger charge is -2.24. The Kier molecular flexibility index (Phi) is 3.05. The molecule has 0 saturated heterocycles. The summed E-state index contributed by atoms with van der Waals surface area (Å²) in [6, 6.07) is 7.10. The van der Waals surface area contributed by atoms with Crippen LogP contribution in [-0.4, -0.2) is 16.1 Å². The fourth-order valence-electron chi connectivity index (χ4n) is 3.15. The molecule has 1 aliphatic rings. The first-order valence-corrected chi connectivity index (χ1v) is 8.11. The van der Waals surface area contributed by atoms with Gasteiger partial charge in [-0.25, -0.2) is 9.37 Å². The standard InChI is InChI=1S/C16H16FN3S/c1-2-20-13-9-10(17)3-4-12(13)19-16(20)15-11-6-8-21-14(11)5-7-18-15/h3-4,6,8-9,15,18H,2,5,7H2,1H3. The van der Waals surface area contributed by atoms with Gasteiger partial charge in [-0.1, -0.05) is 0 Å². The summed E-state index contributed by atoms with van der Waals surface area (Å²) < 4.78 is 15.7. The van der Waals surface area contributed by atoms with Crippen molar-refractivity contribution in [2.75, 3.05) is 6.54 Å². The Morgan fingerprint density at radius 2 is 2.33 bits per heavy atom. The van der Waals surface area contributed by atoms with Gasteiger partial charge in [0.1, 0.15) is 11.6 Å². The maximum atomic E-state index is 13.5. The van der Waals surface area contributed by atoms with Crippen molar-refractivity contribution in [3.8, 4) is 0 Å². The molecule has 1 aromatic carbocycles. The number of imidazole rings is 1. The summed E-state index contributed by atoms with van der Waals surface area (Å²) in [5.74, 6) is 0.772. The van der Waals surface area contributed by atoms with Crippen LogP contribution in [0.5, 0.6) is 0 Å². The number of rotatable bonds is 2. The van der Waals surface area contributed by atoms with Crippen LogP contribution in [0.25, 0.3) is 11.0 Å². The van der Waals surface area contributed by atoms with E-state index in [-0.39, 0.29) is 11.9 Å². The Bertz CT molecular complexity index is 805. The van der Waals surface area contributed by atoms with Crippen molar-refractivity contribution in [1.82, 2.24) is 14.9 Å². The highest BCUT2D eigenvalue weighted by Gasteiger charge is 2.26. The molecule has 0 spiro atoms. The lowest BCUT2D eigenvalue weighted by Crippen LogP contribution is -2.31. The normalized spacial score (nSPS) is 18.1. The highest BCUT2D eigenvalue weighted by molar-refractivity contribution is 7.10. The molecular weight excluding hydrogens is 285 g/mol. The highest BCUT2D eigenvalue weighted by Crippen LogP contribution is 2.33. The minimum Gasteiger partial charge on any atom is -0.327 e. The van der Waals surface area contributed by atoms with Gasteiger partial charge in [0, 0.05) is 18.0 Å². The zero-order chi connectivity index (χ0) is 14.4. The highest BCUT2D eigenvalue weighted by atomic mass is 32.1. The van der Waals surface area contributed by atoms with E-state index >= 15 is 0 Å². The SMILES string of the molecule is CCn1c(C2NCCc3sccc32)nc2ccc(F)cc21. The molecule has 0 saturated carbocycles. The summed E-state index contributed by atoms with van der Waals surface area (Å²) >= 11 is 1.81. The fourth-order valence-corrected chi connectivity index (χ4v) is 4.07. The summed E-state index contributed by atoms with van der Waals surface area (Å²) in [4.78, 5) is 6.20. The number of hydrogen-bond donors (Lipinski definition) is 1. The van der Waals surface area contributed by atoms with Gasteiger partial charge >= 0.3 is 0 Å². The zero-order valence-electron chi connectivity index (χ0n) is 11.8. The Morgan fingerprint density at radius 3 is 3.19 bits per heavy atom. The van der Waals surface area contributed by atoms with Gasteiger partial charge in [-0.05, 0) is 48.6 Å². The van der Waals surface area contributed by atoms with Gasteiger partial charge in [-0.3, -0.25) is 0 Å². The molecule has 0 bridgehead atoms. The maximum Gasteiger partial charge on any atom is 0.131 e. The molecule has 0 amide bonds. The predicted molar refractivity (Wildman–Crippen MR) is 83.2 cm³/mol. The number of fused-ring (bicyclic) bond motifs is 2. The van der Waals surface area contributed by atoms with Crippen LogP contribution in [0.1, 0.15) is 29.2 Å². The molecule has 1 unspecified atom stereocenters. The van der Waals surface area contributed by atoms with Gasteiger partial charge in [0.15, 0.2) is 0 Å². The molecule has 2 aromatic heterocycles. The predicted octanol–water partition coefficient (Wildman–Crippen LogP) is 3.49. The van der Waals surface area contributed by atoms with Gasteiger partial charge in [-0.2, -0.15) is 0 Å². The van der Waals surface area contributed by atoms with Crippen LogP contribution in [0.15, 0.2) is 29.6 Å². The lowest BCUT2D eigenvalue weighted by molar-refractivity contribution is 0.527. The number of aromatic nitrogens is 2. The average molecular weight is 301 g/mol. The van der Waals surface area contributed by atoms with E-state index < -0.39 is 0 Å². The van der Waals surface area contributed by atoms with Crippen LogP contribution in [0.2, 0.25) is 0 Å². The van der Waals surface area contributed by atoms with Crippen molar-refractivity contribution in [1.29, 1.82) is 0 Å². The first-order chi connectivity index (χ1) is 10.3. The second-order valence-corrected chi connectivity index (χ2v) is 6.28. The number of halogens is 1. The lowest BCUT2D eigenvalue weighted by atomic mass is 10.0. The molecule has 3 nitrogen and oxygen atoms in total. The van der Waals surface area contributed by atoms with Gasteiger partial charge < -0.3 is 9.88 Å². The molecule has 5 heteroatoms. The number of nitrogens with one attached hydrogen (secondary N) is 1. The van der Waals surface area contributed by atoms with Crippen LogP contribution in [0.3, 0.4) is 0 Å². The Balaban J connectivity index is 1.92. The van der Waals surface area contributed by atoms with Crippen LogP contribution >= 0.6 is 11.3 Å². The molecule has 0 radical (unpaired) electrons. The van der Waals surface area contributed by atoms with Crippen molar-refractivity contribution in [3.05, 3.63) is 51.7 Å². The minimum atomic E-state index is -0.212. The molecule has 0 aliphatic carbocycles. The van der Waals surface area contributed by atoms with Crippen molar-refractivity contribution < 1.29 is 4.39 Å². The van der Waals surface area contributed by atoms with E-state index in [1.807, 2.05) is 11.3 Å². The molecule has 1 aliphatic heterocycles. The quantitative estimate of drug-likeness (QED) is 0.785. The molecular formula is C16H16FN3S. The third-order valence-corrected chi connectivity index (χ3v) is 5.10. The van der Waals surface area contributed by atoms with Crippen LogP contribution < -0.4 is 5.32 Å². The van der Waals surface area contributed by atoms with Gasteiger partial charge in [0.25, 0.3) is 0 Å². The number of benzene rings is 1. The number of aryl methyl sites for hydroxylation is 1. The van der Waals surface area contributed by atoms with Crippen LogP contribution in [-0.2, 0) is 13.0 Å². The summed E-state index contributed by atoms with van der Waals surface area (Å²) in [5.41, 5.74) is 3.05. The Hall–Kier alpha value is -1.72. The minimum absolute atomic E-state index is 0.107. The van der Waals surface area contributed by atoms with E-state index in [0.29, 0.717) is 0 Å².